The van der Waals surface area contributed by atoms with E-state index >= 15 is 0 Å². The maximum Gasteiger partial charge on any atom is 0.323 e. The van der Waals surface area contributed by atoms with Gasteiger partial charge >= 0.3 is 5.97 Å². The van der Waals surface area contributed by atoms with Crippen LogP contribution in [0.2, 0.25) is 0 Å². The zero-order valence-corrected chi connectivity index (χ0v) is 19.1. The number of carboxylic acid groups (broad SMARTS) is 1. The van der Waals surface area contributed by atoms with Gasteiger partial charge in [-0.05, 0) is 30.5 Å². The van der Waals surface area contributed by atoms with E-state index in [9.17, 15) is 19.5 Å². The van der Waals surface area contributed by atoms with Crippen LogP contribution in [0.15, 0.2) is 72.8 Å². The van der Waals surface area contributed by atoms with Gasteiger partial charge in [-0.15, -0.1) is 0 Å². The fraction of sp³-hybridized carbons (Fsp3) is 0.259. The molecule has 174 valence electrons. The second kappa shape index (κ2) is 10.3. The van der Waals surface area contributed by atoms with E-state index in [1.807, 2.05) is 66.7 Å². The molecule has 0 radical (unpaired) electrons. The lowest BCUT2D eigenvalue weighted by Gasteiger charge is -2.37. The predicted octanol–water partition coefficient (Wildman–Crippen LogP) is 3.95. The van der Waals surface area contributed by atoms with Gasteiger partial charge in [-0.25, -0.2) is 4.98 Å². The van der Waals surface area contributed by atoms with Crippen molar-refractivity contribution in [2.75, 3.05) is 19.6 Å². The molecule has 1 aliphatic heterocycles. The van der Waals surface area contributed by atoms with E-state index in [2.05, 4.69) is 0 Å². The van der Waals surface area contributed by atoms with Gasteiger partial charge in [-0.2, -0.15) is 0 Å². The Morgan fingerprint density at radius 1 is 0.912 bits per heavy atom. The lowest BCUT2D eigenvalue weighted by atomic mass is 9.98. The van der Waals surface area contributed by atoms with Crippen molar-refractivity contribution in [2.45, 2.75) is 25.8 Å². The van der Waals surface area contributed by atoms with E-state index in [1.165, 1.54) is 11.8 Å². The van der Waals surface area contributed by atoms with Crippen molar-refractivity contribution >= 4 is 17.8 Å². The Morgan fingerprint density at radius 2 is 1.50 bits per heavy atom. The maximum absolute atomic E-state index is 13.5. The predicted molar refractivity (Wildman–Crippen MR) is 129 cm³/mol. The molecule has 7 nitrogen and oxygen atoms in total. The normalized spacial score (nSPS) is 14.0. The van der Waals surface area contributed by atoms with Gasteiger partial charge in [0, 0.05) is 37.2 Å². The molecule has 34 heavy (non-hydrogen) atoms. The molecule has 2 amide bonds. The van der Waals surface area contributed by atoms with Crippen LogP contribution in [0.3, 0.4) is 0 Å². The van der Waals surface area contributed by atoms with Crippen LogP contribution >= 0.6 is 0 Å². The molecule has 0 aliphatic carbocycles. The van der Waals surface area contributed by atoms with Gasteiger partial charge in [-0.3, -0.25) is 14.4 Å². The molecule has 2 heterocycles. The minimum atomic E-state index is -1.08. The molecule has 0 unspecified atom stereocenters. The van der Waals surface area contributed by atoms with Crippen molar-refractivity contribution in [2.24, 2.45) is 0 Å². The highest BCUT2D eigenvalue weighted by Gasteiger charge is 2.31. The SMILES string of the molecule is CC(=O)N1CCC(N(CC(=O)O)C(=O)c2ccc(-c3ccccc3)c(-c3ccccc3)n2)CC1. The number of carbonyl (C=O) groups excluding carboxylic acids is 2. The topological polar surface area (TPSA) is 90.8 Å². The van der Waals surface area contributed by atoms with Crippen molar-refractivity contribution in [1.29, 1.82) is 0 Å². The molecular weight excluding hydrogens is 430 g/mol. The average molecular weight is 458 g/mol. The molecule has 1 N–H and O–H groups in total. The number of pyridine rings is 1. The number of carboxylic acids is 1. The van der Waals surface area contributed by atoms with Gasteiger partial charge in [0.05, 0.1) is 5.69 Å². The molecule has 0 bridgehead atoms. The van der Waals surface area contributed by atoms with Crippen molar-refractivity contribution in [1.82, 2.24) is 14.8 Å². The summed E-state index contributed by atoms with van der Waals surface area (Å²) < 4.78 is 0. The van der Waals surface area contributed by atoms with Crippen LogP contribution in [0.4, 0.5) is 0 Å². The van der Waals surface area contributed by atoms with Crippen LogP contribution in [0.25, 0.3) is 22.4 Å². The number of nitrogens with zero attached hydrogens (tertiary/aromatic N) is 3. The van der Waals surface area contributed by atoms with Crippen LogP contribution < -0.4 is 0 Å². The van der Waals surface area contributed by atoms with E-state index in [0.717, 1.165) is 16.7 Å². The van der Waals surface area contributed by atoms with Crippen LogP contribution in [0, 0.1) is 0 Å². The van der Waals surface area contributed by atoms with Crippen molar-refractivity contribution in [3.05, 3.63) is 78.5 Å². The highest BCUT2D eigenvalue weighted by atomic mass is 16.4. The number of aliphatic carboxylic acids is 1. The number of hydrogen-bond acceptors (Lipinski definition) is 4. The maximum atomic E-state index is 13.5. The van der Waals surface area contributed by atoms with E-state index < -0.39 is 18.4 Å². The first-order valence-corrected chi connectivity index (χ1v) is 11.3. The summed E-state index contributed by atoms with van der Waals surface area (Å²) in [5.74, 6) is -1.51. The first kappa shape index (κ1) is 23.2. The number of rotatable bonds is 6. The average Bonchev–Trinajstić information content (AvgIpc) is 2.87. The van der Waals surface area contributed by atoms with Crippen molar-refractivity contribution in [3.8, 4) is 22.4 Å². The summed E-state index contributed by atoms with van der Waals surface area (Å²) in [6.07, 6.45) is 1.07. The summed E-state index contributed by atoms with van der Waals surface area (Å²) in [5.41, 5.74) is 3.61. The van der Waals surface area contributed by atoms with Gasteiger partial charge in [-0.1, -0.05) is 60.7 Å². The molecule has 7 heteroatoms. The number of hydrogen-bond donors (Lipinski definition) is 1. The number of piperidine rings is 1. The molecule has 1 fully saturated rings. The molecule has 1 saturated heterocycles. The van der Waals surface area contributed by atoms with Gasteiger partial charge in [0.25, 0.3) is 5.91 Å². The third-order valence-corrected chi connectivity index (χ3v) is 6.16. The Labute approximate surface area is 198 Å². The fourth-order valence-electron chi connectivity index (χ4n) is 4.40. The Kier molecular flexibility index (Phi) is 7.01. The summed E-state index contributed by atoms with van der Waals surface area (Å²) >= 11 is 0. The third-order valence-electron chi connectivity index (χ3n) is 6.16. The summed E-state index contributed by atoms with van der Waals surface area (Å²) in [6.45, 7) is 2.11. The van der Waals surface area contributed by atoms with Crippen LogP contribution in [-0.2, 0) is 9.59 Å². The number of amides is 2. The second-order valence-electron chi connectivity index (χ2n) is 8.39. The fourth-order valence-corrected chi connectivity index (χ4v) is 4.40. The smallest absolute Gasteiger partial charge is 0.323 e. The van der Waals surface area contributed by atoms with Crippen LogP contribution in [0.1, 0.15) is 30.3 Å². The highest BCUT2D eigenvalue weighted by molar-refractivity contribution is 5.96. The first-order valence-electron chi connectivity index (χ1n) is 11.3. The Morgan fingerprint density at radius 3 is 2.06 bits per heavy atom. The van der Waals surface area contributed by atoms with Crippen molar-refractivity contribution < 1.29 is 19.5 Å². The number of carbonyl (C=O) groups is 3. The third kappa shape index (κ3) is 5.14. The van der Waals surface area contributed by atoms with Gasteiger partial charge in [0.1, 0.15) is 12.2 Å². The minimum absolute atomic E-state index is 0.0137. The van der Waals surface area contributed by atoms with E-state index in [0.29, 0.717) is 31.6 Å². The molecule has 1 aromatic heterocycles. The van der Waals surface area contributed by atoms with Crippen LogP contribution in [0.5, 0.6) is 0 Å². The standard InChI is InChI=1S/C27H27N3O4/c1-19(31)29-16-14-22(15-17-29)30(18-25(32)33)27(34)24-13-12-23(20-8-4-2-5-9-20)26(28-24)21-10-6-3-7-11-21/h2-13,22H,14-18H2,1H3,(H,32,33). The van der Waals surface area contributed by atoms with Gasteiger partial charge < -0.3 is 14.9 Å². The summed E-state index contributed by atoms with van der Waals surface area (Å²) in [4.78, 5) is 44.7. The van der Waals surface area contributed by atoms with Crippen molar-refractivity contribution in [3.63, 3.8) is 0 Å². The first-order chi connectivity index (χ1) is 16.4. The summed E-state index contributed by atoms with van der Waals surface area (Å²) in [6, 6.07) is 22.7. The van der Waals surface area contributed by atoms with Gasteiger partial charge in [0.2, 0.25) is 5.91 Å². The number of aromatic nitrogens is 1. The molecular formula is C27H27N3O4. The summed E-state index contributed by atoms with van der Waals surface area (Å²) in [7, 11) is 0. The second-order valence-corrected chi connectivity index (χ2v) is 8.39. The lowest BCUT2D eigenvalue weighted by molar-refractivity contribution is -0.139. The largest absolute Gasteiger partial charge is 0.480 e. The van der Waals surface area contributed by atoms with Gasteiger partial charge in [0.15, 0.2) is 0 Å². The quantitative estimate of drug-likeness (QED) is 0.605. The minimum Gasteiger partial charge on any atom is -0.480 e. The Balaban J connectivity index is 1.69. The molecule has 2 aromatic carbocycles. The monoisotopic (exact) mass is 457 g/mol. The molecule has 1 aliphatic rings. The summed E-state index contributed by atoms with van der Waals surface area (Å²) in [5, 5.41) is 9.50. The number of likely N-dealkylation sites (tertiary alicyclic amines) is 1. The van der Waals surface area contributed by atoms with E-state index in [1.54, 1.807) is 11.0 Å². The van der Waals surface area contributed by atoms with Crippen LogP contribution in [-0.4, -0.2) is 63.4 Å². The Hall–Kier alpha value is -4.00. The zero-order chi connectivity index (χ0) is 24.1. The highest BCUT2D eigenvalue weighted by Crippen LogP contribution is 2.31. The molecule has 3 aromatic rings. The molecule has 0 spiro atoms. The Bertz CT molecular complexity index is 1170. The molecule has 0 atom stereocenters. The van der Waals surface area contributed by atoms with E-state index in [4.69, 9.17) is 4.98 Å². The van der Waals surface area contributed by atoms with E-state index in [-0.39, 0.29) is 17.6 Å². The molecule has 0 saturated carbocycles. The zero-order valence-electron chi connectivity index (χ0n) is 19.1. The lowest BCUT2D eigenvalue weighted by Crippen LogP contribution is -2.50. The molecule has 4 rings (SSSR count). The number of benzene rings is 2.